The Morgan fingerprint density at radius 1 is 1.67 bits per heavy atom. The molecular weight excluding hydrogens is 199 g/mol. The molecule has 0 bridgehead atoms. The van der Waals surface area contributed by atoms with E-state index in [4.69, 9.17) is 28.5 Å². The zero-order valence-corrected chi connectivity index (χ0v) is 7.23. The first-order valence-corrected chi connectivity index (χ1v) is 3.66. The van der Waals surface area contributed by atoms with Crippen molar-refractivity contribution in [2.75, 3.05) is 0 Å². The number of rotatable bonds is 1. The third-order valence-electron chi connectivity index (χ3n) is 1.16. The summed E-state index contributed by atoms with van der Waals surface area (Å²) in [5.74, 6) is 0. The fourth-order valence-electron chi connectivity index (χ4n) is 0.644. The van der Waals surface area contributed by atoms with Gasteiger partial charge in [-0.05, 0) is 17.7 Å². The molecule has 1 aromatic rings. The molecule has 0 unspecified atom stereocenters. The molecule has 0 aromatic carbocycles. The zero-order valence-electron chi connectivity index (χ0n) is 5.71. The summed E-state index contributed by atoms with van der Waals surface area (Å²) in [7, 11) is 0. The second-order valence-corrected chi connectivity index (χ2v) is 2.69. The predicted molar refractivity (Wildman–Crippen MR) is 44.1 cm³/mol. The van der Waals surface area contributed by atoms with Crippen LogP contribution >= 0.6 is 23.2 Å². The van der Waals surface area contributed by atoms with E-state index < -0.39 is 5.24 Å². The third-order valence-corrected chi connectivity index (χ3v) is 1.62. The summed E-state index contributed by atoms with van der Waals surface area (Å²) in [6.45, 7) is 0. The van der Waals surface area contributed by atoms with Crippen LogP contribution in [0.25, 0.3) is 0 Å². The Bertz CT molecular complexity index is 370. The Balaban J connectivity index is 3.23. The molecule has 12 heavy (non-hydrogen) atoms. The number of aromatic nitrogens is 1. The molecule has 0 radical (unpaired) electrons. The molecule has 0 saturated heterocycles. The topological polar surface area (TPSA) is 53.8 Å². The van der Waals surface area contributed by atoms with E-state index in [1.165, 1.54) is 12.3 Å². The van der Waals surface area contributed by atoms with Crippen molar-refractivity contribution in [2.24, 2.45) is 0 Å². The number of pyridine rings is 1. The molecular formula is C7H2Cl2N2O. The SMILES string of the molecule is N#Cc1cnc(C(=O)Cl)c(Cl)c1. The summed E-state index contributed by atoms with van der Waals surface area (Å²) in [6.07, 6.45) is 1.24. The zero-order chi connectivity index (χ0) is 9.14. The van der Waals surface area contributed by atoms with Gasteiger partial charge in [0.15, 0.2) is 0 Å². The van der Waals surface area contributed by atoms with Crippen LogP contribution in [0.4, 0.5) is 0 Å². The monoisotopic (exact) mass is 200 g/mol. The van der Waals surface area contributed by atoms with Gasteiger partial charge in [-0.15, -0.1) is 0 Å². The molecule has 0 amide bonds. The summed E-state index contributed by atoms with van der Waals surface area (Å²) in [4.78, 5) is 14.2. The van der Waals surface area contributed by atoms with E-state index in [9.17, 15) is 4.79 Å². The van der Waals surface area contributed by atoms with Crippen LogP contribution in [0.3, 0.4) is 0 Å². The van der Waals surface area contributed by atoms with E-state index in [1.807, 2.05) is 6.07 Å². The van der Waals surface area contributed by atoms with Crippen LogP contribution in [0.5, 0.6) is 0 Å². The van der Waals surface area contributed by atoms with Crippen molar-refractivity contribution >= 4 is 28.4 Å². The first kappa shape index (κ1) is 8.98. The quantitative estimate of drug-likeness (QED) is 0.652. The number of hydrogen-bond donors (Lipinski definition) is 0. The van der Waals surface area contributed by atoms with Crippen molar-refractivity contribution in [3.8, 4) is 6.07 Å². The molecule has 0 saturated carbocycles. The normalized spacial score (nSPS) is 9.08. The molecule has 0 spiro atoms. The number of carbonyl (C=O) groups is 1. The fraction of sp³-hybridized carbons (Fsp3) is 0. The first-order valence-electron chi connectivity index (χ1n) is 2.90. The number of nitriles is 1. The smallest absolute Gasteiger partial charge is 0.272 e. The van der Waals surface area contributed by atoms with E-state index in [-0.39, 0.29) is 10.7 Å². The van der Waals surface area contributed by atoms with Gasteiger partial charge in [-0.1, -0.05) is 11.6 Å². The molecule has 3 nitrogen and oxygen atoms in total. The maximum Gasteiger partial charge on any atom is 0.272 e. The lowest BCUT2D eigenvalue weighted by atomic mass is 10.3. The average molecular weight is 201 g/mol. The van der Waals surface area contributed by atoms with Gasteiger partial charge in [-0.2, -0.15) is 5.26 Å². The maximum absolute atomic E-state index is 10.6. The highest BCUT2D eigenvalue weighted by molar-refractivity contribution is 6.68. The second kappa shape index (κ2) is 3.53. The van der Waals surface area contributed by atoms with E-state index in [0.29, 0.717) is 5.56 Å². The second-order valence-electron chi connectivity index (χ2n) is 1.94. The van der Waals surface area contributed by atoms with Crippen LogP contribution in [0.2, 0.25) is 5.02 Å². The first-order chi connectivity index (χ1) is 5.65. The van der Waals surface area contributed by atoms with Crippen molar-refractivity contribution in [1.29, 1.82) is 5.26 Å². The molecule has 1 rings (SSSR count). The lowest BCUT2D eigenvalue weighted by molar-refractivity contribution is 0.107. The van der Waals surface area contributed by atoms with Gasteiger partial charge < -0.3 is 0 Å². The van der Waals surface area contributed by atoms with Gasteiger partial charge in [0.25, 0.3) is 5.24 Å². The molecule has 0 aliphatic rings. The molecule has 1 aromatic heterocycles. The molecule has 0 aliphatic heterocycles. The van der Waals surface area contributed by atoms with Crippen LogP contribution in [0.15, 0.2) is 12.3 Å². The summed E-state index contributed by atoms with van der Waals surface area (Å²) < 4.78 is 0. The Kier molecular flexibility index (Phi) is 2.64. The summed E-state index contributed by atoms with van der Waals surface area (Å²) in [5.41, 5.74) is 0.263. The maximum atomic E-state index is 10.6. The lowest BCUT2D eigenvalue weighted by Crippen LogP contribution is -1.95. The minimum absolute atomic E-state index is 0.0302. The summed E-state index contributed by atoms with van der Waals surface area (Å²) in [6, 6.07) is 3.17. The number of carbonyl (C=O) groups excluding carboxylic acids is 1. The Morgan fingerprint density at radius 2 is 2.33 bits per heavy atom. The van der Waals surface area contributed by atoms with Gasteiger partial charge in [-0.3, -0.25) is 4.79 Å². The fourth-order valence-corrected chi connectivity index (χ4v) is 1.09. The minimum atomic E-state index is -0.732. The average Bonchev–Trinajstić information content (AvgIpc) is 2.03. The Labute approximate surface area is 78.5 Å². The highest BCUT2D eigenvalue weighted by atomic mass is 35.5. The molecule has 5 heteroatoms. The number of hydrogen-bond acceptors (Lipinski definition) is 3. The van der Waals surface area contributed by atoms with E-state index in [1.54, 1.807) is 0 Å². The summed E-state index contributed by atoms with van der Waals surface area (Å²) in [5, 5.41) is 7.78. The highest BCUT2D eigenvalue weighted by Crippen LogP contribution is 2.16. The van der Waals surface area contributed by atoms with E-state index in [2.05, 4.69) is 4.98 Å². The van der Waals surface area contributed by atoms with Crippen LogP contribution < -0.4 is 0 Å². The van der Waals surface area contributed by atoms with Crippen LogP contribution in [-0.4, -0.2) is 10.2 Å². The van der Waals surface area contributed by atoms with Crippen LogP contribution in [0, 0.1) is 11.3 Å². The molecule has 60 valence electrons. The van der Waals surface area contributed by atoms with Crippen molar-refractivity contribution in [1.82, 2.24) is 4.98 Å². The predicted octanol–water partition coefficient (Wildman–Crippen LogP) is 1.99. The van der Waals surface area contributed by atoms with Crippen LogP contribution in [-0.2, 0) is 0 Å². The Morgan fingerprint density at radius 3 is 2.75 bits per heavy atom. The number of halogens is 2. The van der Waals surface area contributed by atoms with Gasteiger partial charge in [0.2, 0.25) is 0 Å². The highest BCUT2D eigenvalue weighted by Gasteiger charge is 2.09. The lowest BCUT2D eigenvalue weighted by Gasteiger charge is -1.95. The van der Waals surface area contributed by atoms with Crippen LogP contribution in [0.1, 0.15) is 16.1 Å². The molecule has 0 fully saturated rings. The summed E-state index contributed by atoms with van der Waals surface area (Å²) >= 11 is 10.7. The van der Waals surface area contributed by atoms with Gasteiger partial charge in [0.1, 0.15) is 11.8 Å². The largest absolute Gasteiger partial charge is 0.274 e. The third kappa shape index (κ3) is 1.73. The molecule has 1 heterocycles. The van der Waals surface area contributed by atoms with Gasteiger partial charge in [0, 0.05) is 6.20 Å². The van der Waals surface area contributed by atoms with Gasteiger partial charge in [-0.25, -0.2) is 4.98 Å². The molecule has 0 aliphatic carbocycles. The molecule has 0 atom stereocenters. The van der Waals surface area contributed by atoms with Gasteiger partial charge in [0.05, 0.1) is 10.6 Å². The van der Waals surface area contributed by atoms with Crippen molar-refractivity contribution in [3.05, 3.63) is 28.5 Å². The minimum Gasteiger partial charge on any atom is -0.274 e. The van der Waals surface area contributed by atoms with E-state index >= 15 is 0 Å². The standard InChI is InChI=1S/C7H2Cl2N2O/c8-5-1-4(2-10)3-11-6(5)7(9)12/h1,3H. The van der Waals surface area contributed by atoms with Crippen molar-refractivity contribution in [2.45, 2.75) is 0 Å². The molecule has 0 N–H and O–H groups in total. The Hall–Kier alpha value is -1.11. The van der Waals surface area contributed by atoms with Crippen molar-refractivity contribution < 1.29 is 4.79 Å². The number of nitrogens with zero attached hydrogens (tertiary/aromatic N) is 2. The van der Waals surface area contributed by atoms with E-state index in [0.717, 1.165) is 0 Å². The van der Waals surface area contributed by atoms with Gasteiger partial charge >= 0.3 is 0 Å². The van der Waals surface area contributed by atoms with Crippen molar-refractivity contribution in [3.63, 3.8) is 0 Å².